The van der Waals surface area contributed by atoms with Gasteiger partial charge in [-0.3, -0.25) is 9.69 Å². The number of ether oxygens (including phenoxy) is 2. The van der Waals surface area contributed by atoms with Crippen LogP contribution in [0.25, 0.3) is 0 Å². The molecule has 41 heavy (non-hydrogen) atoms. The highest BCUT2D eigenvalue weighted by molar-refractivity contribution is 6.04. The van der Waals surface area contributed by atoms with Crippen LogP contribution in [0.15, 0.2) is 85.1 Å². The van der Waals surface area contributed by atoms with E-state index in [0.717, 1.165) is 62.4 Å². The van der Waals surface area contributed by atoms with Gasteiger partial charge in [-0.2, -0.15) is 0 Å². The number of anilines is 1. The third kappa shape index (κ3) is 6.73. The van der Waals surface area contributed by atoms with Crippen molar-refractivity contribution < 1.29 is 18.7 Å². The van der Waals surface area contributed by atoms with Crippen LogP contribution in [0.2, 0.25) is 0 Å². The molecule has 3 heterocycles. The van der Waals surface area contributed by atoms with Gasteiger partial charge in [-0.05, 0) is 85.1 Å². The van der Waals surface area contributed by atoms with Gasteiger partial charge in [0, 0.05) is 44.4 Å². The Balaban J connectivity index is 1.02. The van der Waals surface area contributed by atoms with Crippen molar-refractivity contribution >= 4 is 11.6 Å². The maximum atomic E-state index is 13.3. The number of amides is 1. The molecular weight excluding hydrogens is 519 g/mol. The molecule has 1 amide bonds. The van der Waals surface area contributed by atoms with Crippen LogP contribution in [0.4, 0.5) is 10.1 Å². The van der Waals surface area contributed by atoms with Gasteiger partial charge >= 0.3 is 0 Å². The number of nitrogens with one attached hydrogen (secondary N) is 1. The van der Waals surface area contributed by atoms with Gasteiger partial charge < -0.3 is 19.7 Å². The van der Waals surface area contributed by atoms with E-state index in [1.54, 1.807) is 30.5 Å². The number of likely N-dealkylation sites (N-methyl/N-ethyl adjacent to an activating group) is 1. The summed E-state index contributed by atoms with van der Waals surface area (Å²) in [5, 5.41) is 2.91. The summed E-state index contributed by atoms with van der Waals surface area (Å²) in [6.45, 7) is 5.19. The topological polar surface area (TPSA) is 66.9 Å². The number of rotatable bonds is 7. The number of aryl methyl sites for hydroxylation is 1. The summed E-state index contributed by atoms with van der Waals surface area (Å²) in [4.78, 5) is 21.9. The van der Waals surface area contributed by atoms with Gasteiger partial charge in [0.1, 0.15) is 23.4 Å². The SMILES string of the molecule is CN1CCN(Cc2ccc(C(=O)Nc3ccc(Oc4ccc5c(c4)CCC(c4ccc(F)cc4)O5)nc3)cc2)CC1. The lowest BCUT2D eigenvalue weighted by atomic mass is 9.97. The lowest BCUT2D eigenvalue weighted by molar-refractivity contribution is 0.102. The number of pyridine rings is 1. The number of fused-ring (bicyclic) bond motifs is 1. The second-order valence-corrected chi connectivity index (χ2v) is 10.7. The molecule has 210 valence electrons. The van der Waals surface area contributed by atoms with Gasteiger partial charge in [-0.25, -0.2) is 9.37 Å². The molecule has 0 radical (unpaired) electrons. The first kappa shape index (κ1) is 26.9. The van der Waals surface area contributed by atoms with Gasteiger partial charge in [-0.1, -0.05) is 24.3 Å². The molecule has 1 aromatic heterocycles. The van der Waals surface area contributed by atoms with Crippen molar-refractivity contribution in [2.24, 2.45) is 0 Å². The Morgan fingerprint density at radius 2 is 1.78 bits per heavy atom. The number of aromatic nitrogens is 1. The van der Waals surface area contributed by atoms with Gasteiger partial charge in [0.15, 0.2) is 0 Å². The summed E-state index contributed by atoms with van der Waals surface area (Å²) in [7, 11) is 2.15. The molecule has 1 unspecified atom stereocenters. The fraction of sp³-hybridized carbons (Fsp3) is 0.273. The maximum absolute atomic E-state index is 13.3. The number of hydrogen-bond acceptors (Lipinski definition) is 6. The molecular formula is C33H33FN4O3. The minimum atomic E-state index is -0.252. The second kappa shape index (κ2) is 12.1. The van der Waals surface area contributed by atoms with E-state index in [2.05, 4.69) is 27.1 Å². The Labute approximate surface area is 239 Å². The predicted molar refractivity (Wildman–Crippen MR) is 156 cm³/mol. The Morgan fingerprint density at radius 1 is 1.00 bits per heavy atom. The van der Waals surface area contributed by atoms with E-state index >= 15 is 0 Å². The van der Waals surface area contributed by atoms with Crippen LogP contribution < -0.4 is 14.8 Å². The number of benzene rings is 3. The predicted octanol–water partition coefficient (Wildman–Crippen LogP) is 6.08. The van der Waals surface area contributed by atoms with Gasteiger partial charge in [0.2, 0.25) is 5.88 Å². The zero-order valence-electron chi connectivity index (χ0n) is 23.1. The van der Waals surface area contributed by atoms with Crippen molar-refractivity contribution in [2.45, 2.75) is 25.5 Å². The number of carbonyl (C=O) groups excluding carboxylic acids is 1. The third-order valence-electron chi connectivity index (χ3n) is 7.65. The van der Waals surface area contributed by atoms with Gasteiger partial charge in [-0.15, -0.1) is 0 Å². The molecule has 1 N–H and O–H groups in total. The van der Waals surface area contributed by atoms with E-state index in [1.807, 2.05) is 42.5 Å². The van der Waals surface area contributed by atoms with Crippen molar-refractivity contribution in [3.8, 4) is 17.4 Å². The average molecular weight is 553 g/mol. The summed E-state index contributed by atoms with van der Waals surface area (Å²) in [5.74, 6) is 1.46. The van der Waals surface area contributed by atoms with E-state index < -0.39 is 0 Å². The second-order valence-electron chi connectivity index (χ2n) is 10.7. The summed E-state index contributed by atoms with van der Waals surface area (Å²) >= 11 is 0. The minimum absolute atomic E-state index is 0.0979. The molecule has 0 spiro atoms. The van der Waals surface area contributed by atoms with Crippen molar-refractivity contribution in [1.29, 1.82) is 0 Å². The molecule has 1 fully saturated rings. The summed E-state index contributed by atoms with van der Waals surface area (Å²) in [5.41, 5.74) is 4.42. The molecule has 1 saturated heterocycles. The Kier molecular flexibility index (Phi) is 7.93. The lowest BCUT2D eigenvalue weighted by Gasteiger charge is -2.32. The number of carbonyl (C=O) groups is 1. The Hall–Kier alpha value is -4.27. The normalized spacial score (nSPS) is 17.4. The number of piperazine rings is 1. The lowest BCUT2D eigenvalue weighted by Crippen LogP contribution is -2.43. The first-order chi connectivity index (χ1) is 20.0. The average Bonchev–Trinajstić information content (AvgIpc) is 3.00. The van der Waals surface area contributed by atoms with E-state index in [0.29, 0.717) is 22.9 Å². The van der Waals surface area contributed by atoms with Crippen LogP contribution in [0.3, 0.4) is 0 Å². The molecule has 7 nitrogen and oxygen atoms in total. The summed E-state index contributed by atoms with van der Waals surface area (Å²) in [6, 6.07) is 23.4. The first-order valence-corrected chi connectivity index (χ1v) is 14.0. The zero-order valence-corrected chi connectivity index (χ0v) is 23.1. The summed E-state index contributed by atoms with van der Waals surface area (Å²) < 4.78 is 25.4. The van der Waals surface area contributed by atoms with Crippen molar-refractivity contribution in [1.82, 2.24) is 14.8 Å². The van der Waals surface area contributed by atoms with E-state index in [1.165, 1.54) is 17.7 Å². The van der Waals surface area contributed by atoms with Crippen LogP contribution in [-0.2, 0) is 13.0 Å². The highest BCUT2D eigenvalue weighted by Crippen LogP contribution is 2.37. The molecule has 0 bridgehead atoms. The molecule has 0 saturated carbocycles. The Morgan fingerprint density at radius 3 is 2.51 bits per heavy atom. The molecule has 8 heteroatoms. The maximum Gasteiger partial charge on any atom is 0.255 e. The van der Waals surface area contributed by atoms with Crippen molar-refractivity contribution in [3.63, 3.8) is 0 Å². The number of nitrogens with zero attached hydrogens (tertiary/aromatic N) is 3. The van der Waals surface area contributed by atoms with Gasteiger partial charge in [0.25, 0.3) is 5.91 Å². The molecule has 4 aromatic rings. The smallest absolute Gasteiger partial charge is 0.255 e. The fourth-order valence-corrected chi connectivity index (χ4v) is 5.20. The standard InChI is InChI=1S/C33H33FN4O3/c1-37-16-18-38(19-17-37)22-23-2-4-25(5-3-23)33(39)36-28-11-15-32(35-21-28)40-29-12-14-31-26(20-29)8-13-30(41-31)24-6-9-27(34)10-7-24/h2-7,9-12,14-15,20-21,30H,8,13,16-19,22H2,1H3,(H,36,39). The zero-order chi connectivity index (χ0) is 28.2. The largest absolute Gasteiger partial charge is 0.485 e. The Bertz CT molecular complexity index is 1480. The number of hydrogen-bond donors (Lipinski definition) is 1. The first-order valence-electron chi connectivity index (χ1n) is 14.0. The van der Waals surface area contributed by atoms with Crippen LogP contribution in [0.5, 0.6) is 17.4 Å². The van der Waals surface area contributed by atoms with E-state index in [4.69, 9.17) is 9.47 Å². The fourth-order valence-electron chi connectivity index (χ4n) is 5.20. The molecule has 6 rings (SSSR count). The monoisotopic (exact) mass is 552 g/mol. The van der Waals surface area contributed by atoms with Crippen LogP contribution in [-0.4, -0.2) is 53.9 Å². The minimum Gasteiger partial charge on any atom is -0.485 e. The van der Waals surface area contributed by atoms with Crippen LogP contribution >= 0.6 is 0 Å². The van der Waals surface area contributed by atoms with Gasteiger partial charge in [0.05, 0.1) is 11.9 Å². The third-order valence-corrected chi connectivity index (χ3v) is 7.65. The number of halogens is 1. The molecule has 2 aliphatic heterocycles. The van der Waals surface area contributed by atoms with Crippen LogP contribution in [0.1, 0.15) is 39.6 Å². The van der Waals surface area contributed by atoms with E-state index in [9.17, 15) is 9.18 Å². The summed E-state index contributed by atoms with van der Waals surface area (Å²) in [6.07, 6.45) is 3.11. The highest BCUT2D eigenvalue weighted by atomic mass is 19.1. The molecule has 1 atom stereocenters. The molecule has 2 aliphatic rings. The van der Waals surface area contributed by atoms with Crippen LogP contribution in [0, 0.1) is 5.82 Å². The quantitative estimate of drug-likeness (QED) is 0.300. The molecule has 3 aromatic carbocycles. The van der Waals surface area contributed by atoms with Crippen molar-refractivity contribution in [2.75, 3.05) is 38.5 Å². The molecule has 0 aliphatic carbocycles. The van der Waals surface area contributed by atoms with Crippen molar-refractivity contribution in [3.05, 3.63) is 113 Å². The van der Waals surface area contributed by atoms with E-state index in [-0.39, 0.29) is 17.8 Å². The highest BCUT2D eigenvalue weighted by Gasteiger charge is 2.22.